The van der Waals surface area contributed by atoms with Crippen molar-refractivity contribution in [1.29, 1.82) is 0 Å². The summed E-state index contributed by atoms with van der Waals surface area (Å²) >= 11 is 0. The van der Waals surface area contributed by atoms with Crippen LogP contribution < -0.4 is 14.2 Å². The maximum absolute atomic E-state index is 12.6. The molecule has 0 aromatic heterocycles. The van der Waals surface area contributed by atoms with Crippen LogP contribution in [-0.4, -0.2) is 50.0 Å². The number of carbonyl (C=O) groups excluding carboxylic acids is 2. The molecule has 2 aromatic rings. The number of benzene rings is 2. The summed E-state index contributed by atoms with van der Waals surface area (Å²) < 4.78 is 17.0. The third kappa shape index (κ3) is 5.20. The van der Waals surface area contributed by atoms with Gasteiger partial charge in [-0.15, -0.1) is 0 Å². The number of likely N-dealkylation sites (N-methyl/N-ethyl adjacent to an activating group) is 1. The Labute approximate surface area is 177 Å². The lowest BCUT2D eigenvalue weighted by Gasteiger charge is -2.11. The highest BCUT2D eigenvalue weighted by molar-refractivity contribution is 6.07. The van der Waals surface area contributed by atoms with E-state index in [1.165, 1.54) is 11.0 Å². The van der Waals surface area contributed by atoms with Gasteiger partial charge in [0, 0.05) is 37.2 Å². The molecule has 0 aliphatic carbocycles. The first kappa shape index (κ1) is 21.4. The Morgan fingerprint density at radius 1 is 1.17 bits per heavy atom. The van der Waals surface area contributed by atoms with E-state index in [1.54, 1.807) is 44.4 Å². The van der Waals surface area contributed by atoms with Crippen LogP contribution in [0.4, 0.5) is 0 Å². The Morgan fingerprint density at radius 3 is 2.57 bits per heavy atom. The van der Waals surface area contributed by atoms with Gasteiger partial charge in [-0.25, -0.2) is 0 Å². The van der Waals surface area contributed by atoms with E-state index in [1.807, 2.05) is 26.0 Å². The second-order valence-corrected chi connectivity index (χ2v) is 7.36. The maximum atomic E-state index is 12.6. The summed E-state index contributed by atoms with van der Waals surface area (Å²) in [5.41, 5.74) is 2.46. The van der Waals surface area contributed by atoms with Crippen molar-refractivity contribution >= 4 is 17.8 Å². The van der Waals surface area contributed by atoms with Gasteiger partial charge in [-0.3, -0.25) is 9.59 Å². The molecule has 1 atom stereocenters. The molecule has 0 unspecified atom stereocenters. The minimum atomic E-state index is -0.136. The van der Waals surface area contributed by atoms with Gasteiger partial charge < -0.3 is 19.1 Å². The fraction of sp³-hybridized carbons (Fsp3) is 0.333. The predicted molar refractivity (Wildman–Crippen MR) is 115 cm³/mol. The maximum Gasteiger partial charge on any atom is 0.259 e. The van der Waals surface area contributed by atoms with E-state index in [0.717, 1.165) is 29.0 Å². The molecule has 3 rings (SSSR count). The average molecular weight is 409 g/mol. The van der Waals surface area contributed by atoms with Crippen molar-refractivity contribution in [3.63, 3.8) is 0 Å². The number of amides is 1. The largest absolute Gasteiger partial charge is 0.493 e. The van der Waals surface area contributed by atoms with E-state index in [4.69, 9.17) is 14.2 Å². The molecular weight excluding hydrogens is 382 g/mol. The van der Waals surface area contributed by atoms with Crippen LogP contribution in [0.15, 0.2) is 42.5 Å². The van der Waals surface area contributed by atoms with Crippen LogP contribution in [-0.2, 0) is 11.2 Å². The number of hydrogen-bond acceptors (Lipinski definition) is 5. The van der Waals surface area contributed by atoms with Gasteiger partial charge in [-0.05, 0) is 62.4 Å². The van der Waals surface area contributed by atoms with Crippen LogP contribution in [0, 0.1) is 0 Å². The summed E-state index contributed by atoms with van der Waals surface area (Å²) in [6.45, 7) is 4.46. The van der Waals surface area contributed by atoms with Gasteiger partial charge in [0.15, 0.2) is 12.4 Å². The zero-order chi connectivity index (χ0) is 21.7. The van der Waals surface area contributed by atoms with Crippen LogP contribution in [0.25, 0.3) is 6.08 Å². The Bertz CT molecular complexity index is 947. The molecular formula is C24H27NO5. The summed E-state index contributed by atoms with van der Waals surface area (Å²) in [6.07, 6.45) is 4.27. The first-order valence-electron chi connectivity index (χ1n) is 9.99. The molecule has 2 aromatic carbocycles. The van der Waals surface area contributed by atoms with Crippen LogP contribution in [0.2, 0.25) is 0 Å². The summed E-state index contributed by atoms with van der Waals surface area (Å²) in [6, 6.07) is 10.6. The molecule has 6 heteroatoms. The van der Waals surface area contributed by atoms with Crippen LogP contribution in [0.5, 0.6) is 17.2 Å². The standard InChI is InChI=1S/C24H27NO5/c1-5-28-22-14-19-12-16(2)30-23(19)13-18(22)8-11-21(26)17-6-9-20(10-7-17)29-15-24(27)25(3)4/h6-11,13-14,16H,5,12,15H2,1-4H3/b11-8+/t16-/m1/s1. The number of fused-ring (bicyclic) bond motifs is 1. The number of nitrogens with zero attached hydrogens (tertiary/aromatic N) is 1. The molecule has 0 bridgehead atoms. The Hall–Kier alpha value is -3.28. The smallest absolute Gasteiger partial charge is 0.259 e. The zero-order valence-electron chi connectivity index (χ0n) is 17.8. The third-order valence-electron chi connectivity index (χ3n) is 4.74. The van der Waals surface area contributed by atoms with E-state index in [0.29, 0.717) is 17.9 Å². The van der Waals surface area contributed by atoms with Gasteiger partial charge >= 0.3 is 0 Å². The SMILES string of the molecule is CCOc1cc2c(cc1/C=C/C(=O)c1ccc(OCC(=O)N(C)C)cc1)O[C@H](C)C2. The number of carbonyl (C=O) groups is 2. The first-order valence-corrected chi connectivity index (χ1v) is 9.99. The minimum Gasteiger partial charge on any atom is -0.493 e. The van der Waals surface area contributed by atoms with E-state index in [2.05, 4.69) is 0 Å². The molecule has 1 aliphatic rings. The third-order valence-corrected chi connectivity index (χ3v) is 4.74. The fourth-order valence-corrected chi connectivity index (χ4v) is 3.12. The Morgan fingerprint density at radius 2 is 1.90 bits per heavy atom. The minimum absolute atomic E-state index is 0.0422. The van der Waals surface area contributed by atoms with Crippen LogP contribution in [0.1, 0.15) is 35.3 Å². The highest BCUT2D eigenvalue weighted by Gasteiger charge is 2.21. The molecule has 0 radical (unpaired) electrons. The molecule has 0 N–H and O–H groups in total. The highest BCUT2D eigenvalue weighted by atomic mass is 16.5. The van der Waals surface area contributed by atoms with Gasteiger partial charge in [0.2, 0.25) is 0 Å². The number of ether oxygens (including phenoxy) is 3. The quantitative estimate of drug-likeness (QED) is 0.491. The monoisotopic (exact) mass is 409 g/mol. The molecule has 30 heavy (non-hydrogen) atoms. The normalized spacial score (nSPS) is 14.9. The summed E-state index contributed by atoms with van der Waals surface area (Å²) in [5.74, 6) is 1.85. The fourth-order valence-electron chi connectivity index (χ4n) is 3.12. The van der Waals surface area contributed by atoms with Crippen molar-refractivity contribution in [3.8, 4) is 17.2 Å². The van der Waals surface area contributed by atoms with Gasteiger partial charge in [0.1, 0.15) is 23.4 Å². The van der Waals surface area contributed by atoms with E-state index < -0.39 is 0 Å². The molecule has 0 fully saturated rings. The van der Waals surface area contributed by atoms with Crippen molar-refractivity contribution in [2.45, 2.75) is 26.4 Å². The van der Waals surface area contributed by atoms with Gasteiger partial charge in [-0.1, -0.05) is 0 Å². The van der Waals surface area contributed by atoms with E-state index in [9.17, 15) is 9.59 Å². The lowest BCUT2D eigenvalue weighted by atomic mass is 10.0. The average Bonchev–Trinajstić information content (AvgIpc) is 3.09. The van der Waals surface area contributed by atoms with Gasteiger partial charge in [0.05, 0.1) is 6.61 Å². The zero-order valence-corrected chi connectivity index (χ0v) is 17.8. The topological polar surface area (TPSA) is 65.1 Å². The number of allylic oxidation sites excluding steroid dienone is 1. The molecule has 0 saturated heterocycles. The first-order chi connectivity index (χ1) is 14.4. The van der Waals surface area contributed by atoms with Crippen LogP contribution in [0.3, 0.4) is 0 Å². The van der Waals surface area contributed by atoms with Gasteiger partial charge in [-0.2, -0.15) is 0 Å². The molecule has 1 amide bonds. The Kier molecular flexibility index (Phi) is 6.77. The van der Waals surface area contributed by atoms with E-state index in [-0.39, 0.29) is 24.4 Å². The predicted octanol–water partition coefficient (Wildman–Crippen LogP) is 3.77. The van der Waals surface area contributed by atoms with Gasteiger partial charge in [0.25, 0.3) is 5.91 Å². The highest BCUT2D eigenvalue weighted by Crippen LogP contribution is 2.35. The molecule has 0 spiro atoms. The van der Waals surface area contributed by atoms with Crippen molar-refractivity contribution in [3.05, 3.63) is 59.2 Å². The van der Waals surface area contributed by atoms with Crippen molar-refractivity contribution in [2.75, 3.05) is 27.3 Å². The molecule has 0 saturated carbocycles. The lowest BCUT2D eigenvalue weighted by Crippen LogP contribution is -2.27. The number of hydrogen-bond donors (Lipinski definition) is 0. The van der Waals surface area contributed by atoms with Crippen molar-refractivity contribution < 1.29 is 23.8 Å². The second-order valence-electron chi connectivity index (χ2n) is 7.36. The molecule has 1 heterocycles. The Balaban J connectivity index is 1.70. The lowest BCUT2D eigenvalue weighted by molar-refractivity contribution is -0.130. The van der Waals surface area contributed by atoms with Crippen LogP contribution >= 0.6 is 0 Å². The summed E-state index contributed by atoms with van der Waals surface area (Å²) in [4.78, 5) is 25.6. The van der Waals surface area contributed by atoms with Crippen molar-refractivity contribution in [1.82, 2.24) is 4.90 Å². The second kappa shape index (κ2) is 9.48. The van der Waals surface area contributed by atoms with E-state index >= 15 is 0 Å². The summed E-state index contributed by atoms with van der Waals surface area (Å²) in [5, 5.41) is 0. The molecule has 6 nitrogen and oxygen atoms in total. The number of ketones is 1. The molecule has 1 aliphatic heterocycles. The van der Waals surface area contributed by atoms with Crippen molar-refractivity contribution in [2.24, 2.45) is 0 Å². The summed E-state index contributed by atoms with van der Waals surface area (Å²) in [7, 11) is 3.34. The molecule has 158 valence electrons. The number of rotatable bonds is 8.